The summed E-state index contributed by atoms with van der Waals surface area (Å²) in [4.78, 5) is 17.4. The van der Waals surface area contributed by atoms with Crippen LogP contribution in [0.2, 0.25) is 0 Å². The maximum Gasteiger partial charge on any atom is 0.230 e. The van der Waals surface area contributed by atoms with E-state index >= 15 is 0 Å². The number of hydrogen-bond acceptors (Lipinski definition) is 2. The molecule has 3 rings (SSSR count). The van der Waals surface area contributed by atoms with Gasteiger partial charge in [0, 0.05) is 31.2 Å². The number of amides is 1. The highest BCUT2D eigenvalue weighted by Gasteiger charge is 2.49. The first-order valence-corrected chi connectivity index (χ1v) is 9.47. The monoisotopic (exact) mass is 350 g/mol. The fourth-order valence-corrected chi connectivity index (χ4v) is 4.58. The van der Waals surface area contributed by atoms with Gasteiger partial charge >= 0.3 is 0 Å². The SMILES string of the molecule is CCC(CC)N1CCC2(CCCN(Cc3cccc(F)c3F)C2=O)C1. The molecule has 1 aromatic rings. The Hall–Kier alpha value is -1.49. The summed E-state index contributed by atoms with van der Waals surface area (Å²) in [5, 5.41) is 0. The lowest BCUT2D eigenvalue weighted by Gasteiger charge is -2.40. The minimum Gasteiger partial charge on any atom is -0.338 e. The Labute approximate surface area is 149 Å². The fraction of sp³-hybridized carbons (Fsp3) is 0.650. The van der Waals surface area contributed by atoms with Crippen LogP contribution in [0.1, 0.15) is 51.5 Å². The molecule has 2 heterocycles. The van der Waals surface area contributed by atoms with Crippen molar-refractivity contribution in [2.75, 3.05) is 19.6 Å². The van der Waals surface area contributed by atoms with Crippen molar-refractivity contribution in [1.29, 1.82) is 0 Å². The van der Waals surface area contributed by atoms with Crippen molar-refractivity contribution < 1.29 is 13.6 Å². The van der Waals surface area contributed by atoms with Crippen LogP contribution in [0, 0.1) is 17.0 Å². The first-order chi connectivity index (χ1) is 12.0. The van der Waals surface area contributed by atoms with Gasteiger partial charge in [-0.15, -0.1) is 0 Å². The molecular weight excluding hydrogens is 322 g/mol. The van der Waals surface area contributed by atoms with E-state index in [4.69, 9.17) is 0 Å². The van der Waals surface area contributed by atoms with Crippen LogP contribution in [-0.2, 0) is 11.3 Å². The molecule has 25 heavy (non-hydrogen) atoms. The number of halogens is 2. The third-order valence-corrected chi connectivity index (χ3v) is 6.06. The van der Waals surface area contributed by atoms with Gasteiger partial charge in [0.15, 0.2) is 11.6 Å². The van der Waals surface area contributed by atoms with Gasteiger partial charge in [-0.2, -0.15) is 0 Å². The van der Waals surface area contributed by atoms with Crippen LogP contribution < -0.4 is 0 Å². The van der Waals surface area contributed by atoms with E-state index in [9.17, 15) is 13.6 Å². The lowest BCUT2D eigenvalue weighted by molar-refractivity contribution is -0.146. The van der Waals surface area contributed by atoms with E-state index in [0.717, 1.165) is 51.3 Å². The molecule has 0 aromatic heterocycles. The normalized spacial score (nSPS) is 24.7. The Morgan fingerprint density at radius 3 is 2.64 bits per heavy atom. The van der Waals surface area contributed by atoms with Crippen LogP contribution in [-0.4, -0.2) is 41.4 Å². The molecular formula is C20H28F2N2O. The van der Waals surface area contributed by atoms with Crippen LogP contribution in [0.25, 0.3) is 0 Å². The second-order valence-corrected chi connectivity index (χ2v) is 7.51. The Bertz CT molecular complexity index is 632. The summed E-state index contributed by atoms with van der Waals surface area (Å²) in [6.45, 7) is 6.94. The number of likely N-dealkylation sites (tertiary alicyclic amines) is 2. The molecule has 0 aliphatic carbocycles. The summed E-state index contributed by atoms with van der Waals surface area (Å²) in [6.07, 6.45) is 4.91. The predicted octanol–water partition coefficient (Wildman–Crippen LogP) is 3.97. The van der Waals surface area contributed by atoms with Gasteiger partial charge in [0.1, 0.15) is 0 Å². The zero-order chi connectivity index (χ0) is 18.0. The van der Waals surface area contributed by atoms with Crippen molar-refractivity contribution >= 4 is 5.91 Å². The van der Waals surface area contributed by atoms with E-state index in [1.54, 1.807) is 11.0 Å². The zero-order valence-electron chi connectivity index (χ0n) is 15.2. The summed E-state index contributed by atoms with van der Waals surface area (Å²) in [5.41, 5.74) is -0.0646. The topological polar surface area (TPSA) is 23.6 Å². The average Bonchev–Trinajstić information content (AvgIpc) is 3.02. The number of carbonyl (C=O) groups excluding carboxylic acids is 1. The Morgan fingerprint density at radius 1 is 1.16 bits per heavy atom. The van der Waals surface area contributed by atoms with Crippen LogP contribution in [0.4, 0.5) is 8.78 Å². The minimum atomic E-state index is -0.850. The standard InChI is InChI=1S/C20H28F2N2O/c1-3-16(4-2)24-12-10-20(14-24)9-6-11-23(19(20)25)13-15-7-5-8-17(21)18(15)22/h5,7-8,16H,3-4,6,9-14H2,1-2H3. The summed E-state index contributed by atoms with van der Waals surface area (Å²) < 4.78 is 27.4. The maximum atomic E-state index is 14.0. The molecule has 2 saturated heterocycles. The second kappa shape index (κ2) is 7.40. The molecule has 2 aliphatic rings. The molecule has 0 radical (unpaired) electrons. The summed E-state index contributed by atoms with van der Waals surface area (Å²) in [6, 6.07) is 4.71. The van der Waals surface area contributed by atoms with Crippen LogP contribution in [0.3, 0.4) is 0 Å². The van der Waals surface area contributed by atoms with Gasteiger partial charge in [0.05, 0.1) is 5.41 Å². The second-order valence-electron chi connectivity index (χ2n) is 7.51. The minimum absolute atomic E-state index is 0.121. The van der Waals surface area contributed by atoms with Crippen LogP contribution >= 0.6 is 0 Å². The number of rotatable bonds is 5. The van der Waals surface area contributed by atoms with Crippen molar-refractivity contribution in [2.45, 2.75) is 58.5 Å². The molecule has 0 bridgehead atoms. The number of benzene rings is 1. The first-order valence-electron chi connectivity index (χ1n) is 9.47. The maximum absolute atomic E-state index is 14.0. The zero-order valence-corrected chi connectivity index (χ0v) is 15.2. The summed E-state index contributed by atoms with van der Waals surface area (Å²) >= 11 is 0. The van der Waals surface area contributed by atoms with Crippen LogP contribution in [0.5, 0.6) is 0 Å². The van der Waals surface area contributed by atoms with E-state index in [2.05, 4.69) is 18.7 Å². The summed E-state index contributed by atoms with van der Waals surface area (Å²) in [7, 11) is 0. The van der Waals surface area contributed by atoms with Crippen molar-refractivity contribution in [3.05, 3.63) is 35.4 Å². The lowest BCUT2D eigenvalue weighted by atomic mass is 9.78. The number of hydrogen-bond donors (Lipinski definition) is 0. The third-order valence-electron chi connectivity index (χ3n) is 6.06. The Kier molecular flexibility index (Phi) is 5.42. The van der Waals surface area contributed by atoms with Crippen molar-refractivity contribution in [2.24, 2.45) is 5.41 Å². The van der Waals surface area contributed by atoms with E-state index < -0.39 is 11.6 Å². The van der Waals surface area contributed by atoms with Gasteiger partial charge in [-0.1, -0.05) is 26.0 Å². The molecule has 1 amide bonds. The highest BCUT2D eigenvalue weighted by atomic mass is 19.2. The largest absolute Gasteiger partial charge is 0.338 e. The molecule has 2 fully saturated rings. The Morgan fingerprint density at radius 2 is 1.92 bits per heavy atom. The molecule has 5 heteroatoms. The molecule has 3 nitrogen and oxygen atoms in total. The van der Waals surface area contributed by atoms with E-state index in [-0.39, 0.29) is 23.4 Å². The quantitative estimate of drug-likeness (QED) is 0.802. The van der Waals surface area contributed by atoms with E-state index in [1.165, 1.54) is 6.07 Å². The fourth-order valence-electron chi connectivity index (χ4n) is 4.58. The molecule has 0 N–H and O–H groups in total. The Balaban J connectivity index is 1.74. The van der Waals surface area contributed by atoms with Gasteiger partial charge < -0.3 is 4.90 Å². The van der Waals surface area contributed by atoms with Gasteiger partial charge in [-0.3, -0.25) is 9.69 Å². The van der Waals surface area contributed by atoms with Crippen molar-refractivity contribution in [3.8, 4) is 0 Å². The smallest absolute Gasteiger partial charge is 0.230 e. The molecule has 1 atom stereocenters. The lowest BCUT2D eigenvalue weighted by Crippen LogP contribution is -2.50. The van der Waals surface area contributed by atoms with E-state index in [1.807, 2.05) is 0 Å². The molecule has 0 saturated carbocycles. The average molecular weight is 350 g/mol. The molecule has 1 aromatic carbocycles. The highest BCUT2D eigenvalue weighted by Crippen LogP contribution is 2.41. The van der Waals surface area contributed by atoms with Crippen molar-refractivity contribution in [1.82, 2.24) is 9.80 Å². The van der Waals surface area contributed by atoms with Crippen molar-refractivity contribution in [3.63, 3.8) is 0 Å². The van der Waals surface area contributed by atoms with Crippen LogP contribution in [0.15, 0.2) is 18.2 Å². The predicted molar refractivity (Wildman–Crippen MR) is 94.0 cm³/mol. The molecule has 1 spiro atoms. The molecule has 2 aliphatic heterocycles. The van der Waals surface area contributed by atoms with Gasteiger partial charge in [0.25, 0.3) is 0 Å². The summed E-state index contributed by atoms with van der Waals surface area (Å²) in [5.74, 6) is -1.56. The highest BCUT2D eigenvalue weighted by molar-refractivity contribution is 5.84. The van der Waals surface area contributed by atoms with Gasteiger partial charge in [0.2, 0.25) is 5.91 Å². The number of piperidine rings is 1. The van der Waals surface area contributed by atoms with Gasteiger partial charge in [-0.25, -0.2) is 8.78 Å². The van der Waals surface area contributed by atoms with E-state index in [0.29, 0.717) is 12.6 Å². The van der Waals surface area contributed by atoms with Gasteiger partial charge in [-0.05, 0) is 44.7 Å². The third kappa shape index (κ3) is 3.43. The molecule has 1 unspecified atom stereocenters. The molecule has 138 valence electrons. The number of carbonyl (C=O) groups is 1. The first kappa shape index (κ1) is 18.3. The number of nitrogens with zero attached hydrogens (tertiary/aromatic N) is 2.